The highest BCUT2D eigenvalue weighted by Crippen LogP contribution is 2.38. The number of esters is 1. The molecular weight excluding hydrogens is 601 g/mol. The Morgan fingerprint density at radius 2 is 0.957 bits per heavy atom. The number of ether oxygens (including phenoxy) is 1. The van der Waals surface area contributed by atoms with Gasteiger partial charge >= 0.3 is 5.97 Å². The molecule has 0 heterocycles. The molecule has 0 aliphatic rings. The fourth-order valence-corrected chi connectivity index (χ4v) is 6.27. The standard InChI is InChI=1S/C37H76NO7P/c1-5-6-7-8-9-10-11-12-13-14-15-16-17-18-19-20-21-22-23-24-25-26-27-28-29-30-31-37(40)43-34-36(39)35-45-46(41,42)44-33-32-38(2,3)4/h36,39H,5-35H2,1-4H3. The Morgan fingerprint density at radius 1 is 0.609 bits per heavy atom. The Kier molecular flexibility index (Phi) is 31.4. The maximum Gasteiger partial charge on any atom is 0.305 e. The molecule has 0 rings (SSSR count). The van der Waals surface area contributed by atoms with Crippen LogP contribution in [0, 0.1) is 0 Å². The number of phosphoric acid groups is 1. The van der Waals surface area contributed by atoms with Gasteiger partial charge in [-0.05, 0) is 6.42 Å². The van der Waals surface area contributed by atoms with Gasteiger partial charge in [0.15, 0.2) is 0 Å². The molecule has 0 spiro atoms. The number of unbranched alkanes of at least 4 members (excludes halogenated alkanes) is 25. The van der Waals surface area contributed by atoms with Crippen LogP contribution in [0.15, 0.2) is 0 Å². The van der Waals surface area contributed by atoms with E-state index < -0.39 is 20.5 Å². The molecule has 9 heteroatoms. The zero-order valence-corrected chi connectivity index (χ0v) is 31.7. The van der Waals surface area contributed by atoms with Crippen molar-refractivity contribution >= 4 is 13.8 Å². The third-order valence-corrected chi connectivity index (χ3v) is 9.57. The van der Waals surface area contributed by atoms with Crippen molar-refractivity contribution in [1.29, 1.82) is 0 Å². The predicted octanol–water partition coefficient (Wildman–Crippen LogP) is 9.65. The van der Waals surface area contributed by atoms with Gasteiger partial charge in [0.2, 0.25) is 0 Å². The second-order valence-electron chi connectivity index (χ2n) is 14.5. The second kappa shape index (κ2) is 31.7. The molecule has 2 unspecified atom stereocenters. The molecule has 0 aromatic rings. The van der Waals surface area contributed by atoms with Crippen molar-refractivity contribution < 1.29 is 37.6 Å². The van der Waals surface area contributed by atoms with E-state index >= 15 is 0 Å². The minimum Gasteiger partial charge on any atom is -0.756 e. The monoisotopic (exact) mass is 678 g/mol. The van der Waals surface area contributed by atoms with Crippen molar-refractivity contribution in [1.82, 2.24) is 0 Å². The molecule has 1 N–H and O–H groups in total. The molecular formula is C37H76NO7P. The number of likely N-dealkylation sites (N-methyl/N-ethyl adjacent to an activating group) is 1. The van der Waals surface area contributed by atoms with Crippen LogP contribution in [-0.4, -0.2) is 69.2 Å². The Hall–Kier alpha value is -0.500. The molecule has 46 heavy (non-hydrogen) atoms. The van der Waals surface area contributed by atoms with E-state index in [9.17, 15) is 19.4 Å². The van der Waals surface area contributed by atoms with Crippen LogP contribution in [0.4, 0.5) is 0 Å². The van der Waals surface area contributed by atoms with Crippen LogP contribution in [0.5, 0.6) is 0 Å². The van der Waals surface area contributed by atoms with Gasteiger partial charge in [0.25, 0.3) is 7.82 Å². The first-order valence-corrected chi connectivity index (χ1v) is 20.8. The molecule has 276 valence electrons. The highest BCUT2D eigenvalue weighted by molar-refractivity contribution is 7.45. The molecule has 8 nitrogen and oxygen atoms in total. The molecule has 0 aliphatic carbocycles. The molecule has 0 fully saturated rings. The summed E-state index contributed by atoms with van der Waals surface area (Å²) < 4.78 is 26.8. The third-order valence-electron chi connectivity index (χ3n) is 8.61. The Labute approximate surface area is 284 Å². The van der Waals surface area contributed by atoms with Gasteiger partial charge in [-0.15, -0.1) is 0 Å². The van der Waals surface area contributed by atoms with Crippen LogP contribution in [0.25, 0.3) is 0 Å². The third kappa shape index (κ3) is 36.3. The van der Waals surface area contributed by atoms with Gasteiger partial charge in [0.1, 0.15) is 25.9 Å². The average Bonchev–Trinajstić information content (AvgIpc) is 3.00. The largest absolute Gasteiger partial charge is 0.756 e. The Morgan fingerprint density at radius 3 is 1.30 bits per heavy atom. The fraction of sp³-hybridized carbons (Fsp3) is 0.973. The molecule has 0 saturated heterocycles. The average molecular weight is 678 g/mol. The van der Waals surface area contributed by atoms with Crippen LogP contribution in [0.1, 0.15) is 180 Å². The van der Waals surface area contributed by atoms with Crippen molar-refractivity contribution in [3.8, 4) is 0 Å². The number of carbonyl (C=O) groups excluding carboxylic acids is 1. The molecule has 0 aromatic carbocycles. The van der Waals surface area contributed by atoms with Crippen LogP contribution in [0.3, 0.4) is 0 Å². The molecule has 0 amide bonds. The smallest absolute Gasteiger partial charge is 0.305 e. The number of hydrogen-bond donors (Lipinski definition) is 1. The van der Waals surface area contributed by atoms with Gasteiger partial charge in [0.05, 0.1) is 27.7 Å². The SMILES string of the molecule is CCCCCCCCCCCCCCCCCCCCCCCCCCCCC(=O)OCC(O)COP(=O)([O-])OCC[N+](C)(C)C. The molecule has 0 aliphatic heterocycles. The van der Waals surface area contributed by atoms with Crippen molar-refractivity contribution in [2.24, 2.45) is 0 Å². The second-order valence-corrected chi connectivity index (χ2v) is 15.9. The Balaban J connectivity index is 3.35. The van der Waals surface area contributed by atoms with E-state index in [0.29, 0.717) is 17.4 Å². The minimum atomic E-state index is -4.49. The van der Waals surface area contributed by atoms with Crippen molar-refractivity contribution in [2.75, 3.05) is 47.5 Å². The zero-order valence-electron chi connectivity index (χ0n) is 30.8. The summed E-state index contributed by atoms with van der Waals surface area (Å²) in [7, 11) is 1.26. The predicted molar refractivity (Wildman–Crippen MR) is 190 cm³/mol. The molecule has 0 bridgehead atoms. The van der Waals surface area contributed by atoms with Gasteiger partial charge in [-0.3, -0.25) is 9.36 Å². The molecule has 2 atom stereocenters. The number of quaternary nitrogens is 1. The van der Waals surface area contributed by atoms with E-state index in [1.165, 1.54) is 148 Å². The number of rotatable bonds is 36. The highest BCUT2D eigenvalue weighted by Gasteiger charge is 2.16. The summed E-state index contributed by atoms with van der Waals surface area (Å²) in [5.41, 5.74) is 0. The maximum atomic E-state index is 11.9. The van der Waals surface area contributed by atoms with Crippen molar-refractivity contribution in [3.05, 3.63) is 0 Å². The first-order valence-electron chi connectivity index (χ1n) is 19.3. The summed E-state index contributed by atoms with van der Waals surface area (Å²) >= 11 is 0. The van der Waals surface area contributed by atoms with E-state index in [-0.39, 0.29) is 19.2 Å². The van der Waals surface area contributed by atoms with Gasteiger partial charge in [-0.2, -0.15) is 0 Å². The van der Waals surface area contributed by atoms with Gasteiger partial charge in [-0.25, -0.2) is 0 Å². The minimum absolute atomic E-state index is 0.00497. The highest BCUT2D eigenvalue weighted by atomic mass is 31.2. The number of hydrogen-bond acceptors (Lipinski definition) is 7. The fourth-order valence-electron chi connectivity index (χ4n) is 5.54. The van der Waals surface area contributed by atoms with Crippen LogP contribution in [-0.2, 0) is 23.1 Å². The van der Waals surface area contributed by atoms with Crippen LogP contribution < -0.4 is 4.89 Å². The lowest BCUT2D eigenvalue weighted by Gasteiger charge is -2.27. The number of phosphoric ester groups is 1. The maximum absolute atomic E-state index is 11.9. The van der Waals surface area contributed by atoms with E-state index in [4.69, 9.17) is 9.26 Å². The summed E-state index contributed by atoms with van der Waals surface area (Å²) in [6.45, 7) is 1.98. The van der Waals surface area contributed by atoms with Crippen LogP contribution in [0.2, 0.25) is 0 Å². The lowest BCUT2D eigenvalue weighted by Crippen LogP contribution is -2.37. The molecule has 0 saturated carbocycles. The van der Waals surface area contributed by atoms with Crippen molar-refractivity contribution in [2.45, 2.75) is 186 Å². The number of aliphatic hydroxyl groups is 1. The Bertz CT molecular complexity index is 716. The summed E-state index contributed by atoms with van der Waals surface area (Å²) in [6, 6.07) is 0. The molecule has 0 aromatic heterocycles. The van der Waals surface area contributed by atoms with E-state index in [1.807, 2.05) is 21.1 Å². The summed E-state index contributed by atoms with van der Waals surface area (Å²) in [5.74, 6) is -0.382. The topological polar surface area (TPSA) is 105 Å². The molecule has 0 radical (unpaired) electrons. The van der Waals surface area contributed by atoms with Crippen molar-refractivity contribution in [3.63, 3.8) is 0 Å². The van der Waals surface area contributed by atoms with Crippen LogP contribution >= 0.6 is 7.82 Å². The quantitative estimate of drug-likeness (QED) is 0.0305. The van der Waals surface area contributed by atoms with E-state index in [0.717, 1.165) is 19.3 Å². The summed E-state index contributed by atoms with van der Waals surface area (Å²) in [6.07, 6.45) is 34.1. The van der Waals surface area contributed by atoms with E-state index in [1.54, 1.807) is 0 Å². The lowest BCUT2D eigenvalue weighted by atomic mass is 10.0. The van der Waals surface area contributed by atoms with Gasteiger partial charge < -0.3 is 28.3 Å². The van der Waals surface area contributed by atoms with Gasteiger partial charge in [-0.1, -0.05) is 167 Å². The first-order chi connectivity index (χ1) is 22.1. The number of nitrogens with zero attached hydrogens (tertiary/aromatic N) is 1. The lowest BCUT2D eigenvalue weighted by molar-refractivity contribution is -0.870. The summed E-state index contributed by atoms with van der Waals surface area (Å²) in [4.78, 5) is 23.7. The summed E-state index contributed by atoms with van der Waals surface area (Å²) in [5, 5.41) is 9.87. The zero-order chi connectivity index (χ0) is 34.2. The first kappa shape index (κ1) is 45.5. The van der Waals surface area contributed by atoms with E-state index in [2.05, 4.69) is 11.4 Å². The van der Waals surface area contributed by atoms with Gasteiger partial charge in [0, 0.05) is 6.42 Å². The number of carbonyl (C=O) groups is 1. The number of aliphatic hydroxyl groups excluding tert-OH is 1. The normalized spacial score (nSPS) is 14.0.